The van der Waals surface area contributed by atoms with E-state index in [9.17, 15) is 9.18 Å². The third kappa shape index (κ3) is 11.3. The number of aromatic nitrogens is 4. The van der Waals surface area contributed by atoms with Crippen molar-refractivity contribution in [2.75, 3.05) is 26.7 Å². The molecule has 2 aromatic carbocycles. The van der Waals surface area contributed by atoms with Gasteiger partial charge in [0.05, 0.1) is 35.1 Å². The minimum atomic E-state index is -0.898. The molecule has 6 rings (SSSR count). The van der Waals surface area contributed by atoms with Crippen molar-refractivity contribution in [1.29, 1.82) is 0 Å². The van der Waals surface area contributed by atoms with E-state index in [0.717, 1.165) is 48.7 Å². The number of rotatable bonds is 6. The zero-order valence-corrected chi connectivity index (χ0v) is 28.3. The predicted octanol–water partition coefficient (Wildman–Crippen LogP) is 4.93. The van der Waals surface area contributed by atoms with Crippen LogP contribution in [0.3, 0.4) is 0 Å². The number of aryl methyl sites for hydroxylation is 2. The largest absolute Gasteiger partial charge is 1.00 e. The number of carboxylic acid groups (broad SMARTS) is 1. The van der Waals surface area contributed by atoms with E-state index >= 15 is 0 Å². The van der Waals surface area contributed by atoms with Gasteiger partial charge in [-0.2, -0.15) is 0 Å². The number of aromatic carboxylic acids is 1. The number of benzene rings is 2. The molecule has 0 spiro atoms. The molecule has 1 radical (unpaired) electrons. The van der Waals surface area contributed by atoms with Gasteiger partial charge in [-0.3, -0.25) is 4.90 Å². The van der Waals surface area contributed by atoms with E-state index < -0.39 is 5.97 Å². The zero-order valence-electron chi connectivity index (χ0n) is 25.8. The van der Waals surface area contributed by atoms with Crippen molar-refractivity contribution in [3.8, 4) is 5.75 Å². The fourth-order valence-corrected chi connectivity index (χ4v) is 4.47. The topological polar surface area (TPSA) is 129 Å². The first-order valence-corrected chi connectivity index (χ1v) is 14.5. The van der Waals surface area contributed by atoms with Crippen molar-refractivity contribution < 1.29 is 43.6 Å². The molecule has 0 amide bonds. The van der Waals surface area contributed by atoms with Gasteiger partial charge >= 0.3 is 25.8 Å². The molecule has 10 nitrogen and oxygen atoms in total. The smallest absolute Gasteiger partial charge is 0.498 e. The van der Waals surface area contributed by atoms with Crippen molar-refractivity contribution in [2.45, 2.75) is 58.8 Å². The molecule has 2 aliphatic rings. The van der Waals surface area contributed by atoms with Gasteiger partial charge in [-0.1, -0.05) is 18.8 Å². The first-order valence-electron chi connectivity index (χ1n) is 14.5. The van der Waals surface area contributed by atoms with Crippen LogP contribution in [0.4, 0.5) is 4.39 Å². The van der Waals surface area contributed by atoms with E-state index in [1.54, 1.807) is 43.5 Å². The molecule has 12 heteroatoms. The summed E-state index contributed by atoms with van der Waals surface area (Å²) in [6, 6.07) is 11.1. The maximum Gasteiger partial charge on any atom is 1.00 e. The minimum absolute atomic E-state index is 0. The molecule has 2 aromatic heterocycles. The summed E-state index contributed by atoms with van der Waals surface area (Å²) in [5.41, 5.74) is 7.31. The van der Waals surface area contributed by atoms with Crippen molar-refractivity contribution in [1.82, 2.24) is 24.4 Å². The van der Waals surface area contributed by atoms with Crippen LogP contribution in [-0.2, 0) is 44.7 Å². The second-order valence-electron chi connectivity index (χ2n) is 10.2. The van der Waals surface area contributed by atoms with E-state index in [1.807, 2.05) is 11.6 Å². The Hall–Kier alpha value is -3.29. The van der Waals surface area contributed by atoms with Gasteiger partial charge in [0.25, 0.3) is 0 Å². The van der Waals surface area contributed by atoms with Gasteiger partial charge in [-0.25, -0.2) is 14.2 Å². The van der Waals surface area contributed by atoms with E-state index in [1.165, 1.54) is 44.9 Å². The molecule has 2 saturated heterocycles. The van der Waals surface area contributed by atoms with Gasteiger partial charge < -0.3 is 34.8 Å². The second kappa shape index (κ2) is 19.2. The van der Waals surface area contributed by atoms with Gasteiger partial charge in [0.15, 0.2) is 0 Å². The molecule has 239 valence electrons. The van der Waals surface area contributed by atoms with Gasteiger partial charge in [0.1, 0.15) is 24.0 Å². The fourth-order valence-electron chi connectivity index (χ4n) is 4.47. The molecule has 4 heterocycles. The van der Waals surface area contributed by atoms with Crippen LogP contribution in [0.25, 0.3) is 11.0 Å². The summed E-state index contributed by atoms with van der Waals surface area (Å²) in [6.45, 7) is 8.21. The number of piperidine rings is 1. The Morgan fingerprint density at radius 2 is 1.89 bits per heavy atom. The molecule has 1 unspecified atom stereocenters. The van der Waals surface area contributed by atoms with E-state index in [0.29, 0.717) is 23.2 Å². The summed E-state index contributed by atoms with van der Waals surface area (Å²) in [7, 11) is 3.46. The molecule has 44 heavy (non-hydrogen) atoms. The molecule has 0 bridgehead atoms. The van der Waals surface area contributed by atoms with Crippen LogP contribution in [0.1, 0.15) is 60.2 Å². The zero-order chi connectivity index (χ0) is 31.2. The molecular weight excluding hydrogens is 742 g/mol. The van der Waals surface area contributed by atoms with E-state index in [2.05, 4.69) is 38.7 Å². The summed E-state index contributed by atoms with van der Waals surface area (Å²) in [4.78, 5) is 26.0. The number of carbonyl (C=O) groups is 1. The first kappa shape index (κ1) is 36.9. The predicted molar refractivity (Wildman–Crippen MR) is 163 cm³/mol. The van der Waals surface area contributed by atoms with Crippen LogP contribution < -0.4 is 10.5 Å². The minimum Gasteiger partial charge on any atom is -0.498 e. The Bertz CT molecular complexity index is 1430. The number of fused-ring (bicyclic) bond motifs is 1. The van der Waals surface area contributed by atoms with E-state index in [4.69, 9.17) is 14.6 Å². The molecule has 3 N–H and O–H groups in total. The molecule has 0 saturated carbocycles. The first-order chi connectivity index (χ1) is 20.8. The molecule has 4 aromatic rings. The van der Waals surface area contributed by atoms with Gasteiger partial charge in [0.2, 0.25) is 0 Å². The summed E-state index contributed by atoms with van der Waals surface area (Å²) < 4.78 is 25.2. The van der Waals surface area contributed by atoms with Crippen molar-refractivity contribution in [2.24, 2.45) is 12.8 Å². The Morgan fingerprint density at radius 3 is 2.45 bits per heavy atom. The monoisotopic (exact) mass is 785 g/mol. The molecular formula is C32H42FN6O4Os. The van der Waals surface area contributed by atoms with Crippen LogP contribution in [-0.4, -0.2) is 68.3 Å². The summed E-state index contributed by atoms with van der Waals surface area (Å²) >= 11 is 0. The van der Waals surface area contributed by atoms with Crippen LogP contribution >= 0.6 is 0 Å². The number of likely N-dealkylation sites (tertiary alicyclic amines) is 1. The molecule has 1 atom stereocenters. The maximum atomic E-state index is 12.8. The van der Waals surface area contributed by atoms with Crippen molar-refractivity contribution >= 4 is 17.0 Å². The summed E-state index contributed by atoms with van der Waals surface area (Å²) in [5, 5.41) is 9.07. The quantitative estimate of drug-likeness (QED) is 0.262. The second-order valence-corrected chi connectivity index (χ2v) is 10.2. The number of nitrogens with two attached hydrogens (primary N) is 1. The van der Waals surface area contributed by atoms with Crippen LogP contribution in [0.15, 0.2) is 48.7 Å². The number of hydrogen-bond acceptors (Lipinski definition) is 8. The van der Waals surface area contributed by atoms with Gasteiger partial charge in [0, 0.05) is 13.7 Å². The number of carboxylic acids is 1. The van der Waals surface area contributed by atoms with Crippen molar-refractivity contribution in [3.63, 3.8) is 0 Å². The van der Waals surface area contributed by atoms with Crippen molar-refractivity contribution in [3.05, 3.63) is 83.5 Å². The molecule has 2 aliphatic heterocycles. The average Bonchev–Trinajstić information content (AvgIpc) is 3.32. The fraction of sp³-hybridized carbons (Fsp3) is 0.438. The molecule has 2 fully saturated rings. The third-order valence-electron chi connectivity index (χ3n) is 7.02. The SMILES string of the molecule is CC1CCO1.CN.Cc1cc(F)ccc1OCc1n[c-]ccn1.Cn1c(CN2CCCCC2)nc2ccc(C(=O)O)cc21.[Os+]. The standard InChI is InChI=1S/C15H19N3O2.C12H10FN2O.C4H8O.CH5N.Os/c1-17-13-9-11(15(19)20)5-6-12(13)16-14(17)10-18-7-3-2-4-8-18;1-9-7-10(13)3-4-11(9)16-8-12-14-5-2-6-15-12;1-4-2-3-5-4;1-2;/h5-6,9H,2-4,7-8,10H2,1H3,(H,19,20);2-5,7H,8H2,1H3;4H,2-3H2,1H3;2H2,1H3;/q;-1;;;+1. The Balaban J connectivity index is 0.000000251. The number of ether oxygens (including phenoxy) is 2. The normalized spacial score (nSPS) is 15.5. The van der Waals surface area contributed by atoms with E-state index in [-0.39, 0.29) is 32.2 Å². The number of nitrogens with zero attached hydrogens (tertiary/aromatic N) is 5. The summed E-state index contributed by atoms with van der Waals surface area (Å²) in [5.74, 6) is 1.02. The Morgan fingerprint density at radius 1 is 1.18 bits per heavy atom. The average molecular weight is 784 g/mol. The van der Waals surface area contributed by atoms with Gasteiger partial charge in [-0.15, -0.1) is 6.07 Å². The van der Waals surface area contributed by atoms with Crippen LogP contribution in [0.5, 0.6) is 5.75 Å². The third-order valence-corrected chi connectivity index (χ3v) is 7.02. The van der Waals surface area contributed by atoms with Gasteiger partial charge in [-0.05, 0) is 95.2 Å². The summed E-state index contributed by atoms with van der Waals surface area (Å²) in [6.07, 6.45) is 9.93. The van der Waals surface area contributed by atoms with Crippen LogP contribution in [0, 0.1) is 18.9 Å². The van der Waals surface area contributed by atoms with Crippen LogP contribution in [0.2, 0.25) is 0 Å². The molecule has 0 aliphatic carbocycles. The Kier molecular flexibility index (Phi) is 16.1. The maximum absolute atomic E-state index is 12.8. The number of halogens is 1. The number of imidazole rings is 1. The Labute approximate surface area is 271 Å². The number of hydrogen-bond donors (Lipinski definition) is 2.